The fraction of sp³-hybridized carbons (Fsp3) is 0.467. The van der Waals surface area contributed by atoms with Crippen molar-refractivity contribution in [1.29, 1.82) is 0 Å². The first-order chi connectivity index (χ1) is 9.58. The van der Waals surface area contributed by atoms with Crippen LogP contribution in [0.4, 0.5) is 5.69 Å². The van der Waals surface area contributed by atoms with Crippen LogP contribution >= 0.6 is 0 Å². The van der Waals surface area contributed by atoms with Crippen molar-refractivity contribution in [1.82, 2.24) is 0 Å². The van der Waals surface area contributed by atoms with E-state index < -0.39 is 5.97 Å². The van der Waals surface area contributed by atoms with E-state index in [1.807, 2.05) is 12.1 Å². The molecule has 1 amide bonds. The summed E-state index contributed by atoms with van der Waals surface area (Å²) >= 11 is 0. The molecule has 1 aromatic carbocycles. The molecular weight excluding hydrogens is 258 g/mol. The third kappa shape index (κ3) is 2.03. The lowest BCUT2D eigenvalue weighted by atomic mass is 9.85. The molecule has 1 unspecified atom stereocenters. The molecule has 106 valence electrons. The van der Waals surface area contributed by atoms with Gasteiger partial charge in [-0.1, -0.05) is 6.07 Å². The summed E-state index contributed by atoms with van der Waals surface area (Å²) in [6, 6.07) is 3.82. The van der Waals surface area contributed by atoms with Gasteiger partial charge in [0, 0.05) is 25.5 Å². The van der Waals surface area contributed by atoms with E-state index in [0.29, 0.717) is 19.6 Å². The molecule has 5 nitrogen and oxygen atoms in total. The molecule has 0 fully saturated rings. The number of hydrogen-bond donors (Lipinski definition) is 1. The Morgan fingerprint density at radius 3 is 2.95 bits per heavy atom. The maximum Gasteiger partial charge on any atom is 0.303 e. The molecule has 0 bridgehead atoms. The number of carboxylic acids is 1. The van der Waals surface area contributed by atoms with Gasteiger partial charge in [0.05, 0.1) is 18.7 Å². The second-order valence-corrected chi connectivity index (χ2v) is 5.33. The number of carbonyl (C=O) groups is 2. The summed E-state index contributed by atoms with van der Waals surface area (Å²) in [5.41, 5.74) is 2.91. The topological polar surface area (TPSA) is 66.8 Å². The summed E-state index contributed by atoms with van der Waals surface area (Å²) in [7, 11) is 0. The highest BCUT2D eigenvalue weighted by atomic mass is 16.5. The zero-order chi connectivity index (χ0) is 14.3. The van der Waals surface area contributed by atoms with E-state index in [9.17, 15) is 9.59 Å². The first kappa shape index (κ1) is 13.0. The summed E-state index contributed by atoms with van der Waals surface area (Å²) in [4.78, 5) is 24.6. The van der Waals surface area contributed by atoms with Gasteiger partial charge in [-0.15, -0.1) is 0 Å². The maximum atomic E-state index is 11.9. The van der Waals surface area contributed by atoms with Crippen LogP contribution in [0.2, 0.25) is 0 Å². The van der Waals surface area contributed by atoms with E-state index >= 15 is 0 Å². The Morgan fingerprint density at radius 1 is 1.45 bits per heavy atom. The first-order valence-electron chi connectivity index (χ1n) is 6.86. The monoisotopic (exact) mass is 275 g/mol. The molecule has 3 rings (SSSR count). The average molecular weight is 275 g/mol. The number of aliphatic carboxylic acids is 1. The normalized spacial score (nSPS) is 20.1. The smallest absolute Gasteiger partial charge is 0.303 e. The van der Waals surface area contributed by atoms with Crippen molar-refractivity contribution in [2.75, 3.05) is 18.1 Å². The lowest BCUT2D eigenvalue weighted by Crippen LogP contribution is -2.36. The van der Waals surface area contributed by atoms with Crippen molar-refractivity contribution in [3.8, 4) is 5.75 Å². The largest absolute Gasteiger partial charge is 0.493 e. The van der Waals surface area contributed by atoms with Gasteiger partial charge in [-0.2, -0.15) is 0 Å². The van der Waals surface area contributed by atoms with Gasteiger partial charge < -0.3 is 14.7 Å². The van der Waals surface area contributed by atoms with Crippen LogP contribution in [-0.2, 0) is 16.0 Å². The molecule has 1 aromatic rings. The summed E-state index contributed by atoms with van der Waals surface area (Å²) < 4.78 is 5.55. The summed E-state index contributed by atoms with van der Waals surface area (Å²) in [5.74, 6) is 0.00396. The molecule has 1 N–H and O–H groups in total. The predicted octanol–water partition coefficient (Wildman–Crippen LogP) is 1.94. The van der Waals surface area contributed by atoms with Crippen LogP contribution in [0.15, 0.2) is 12.1 Å². The quantitative estimate of drug-likeness (QED) is 0.895. The standard InChI is InChI=1S/C15H17NO4/c1-9(17)16-6-4-10(8-14(18)19)11-2-3-13-12(15(11)16)5-7-20-13/h2-3,10H,4-8H2,1H3,(H,18,19). The molecular formula is C15H17NO4. The van der Waals surface area contributed by atoms with Crippen LogP contribution in [0.3, 0.4) is 0 Å². The average Bonchev–Trinajstić information content (AvgIpc) is 2.86. The Hall–Kier alpha value is -2.04. The number of rotatable bonds is 2. The number of fused-ring (bicyclic) bond motifs is 3. The van der Waals surface area contributed by atoms with Crippen molar-refractivity contribution < 1.29 is 19.4 Å². The second kappa shape index (κ2) is 4.81. The van der Waals surface area contributed by atoms with Gasteiger partial charge in [0.25, 0.3) is 0 Å². The molecule has 20 heavy (non-hydrogen) atoms. The molecule has 1 atom stereocenters. The minimum absolute atomic E-state index is 0.000301. The zero-order valence-electron chi connectivity index (χ0n) is 11.4. The first-order valence-corrected chi connectivity index (χ1v) is 6.86. The minimum atomic E-state index is -0.797. The van der Waals surface area contributed by atoms with Crippen LogP contribution in [0.1, 0.15) is 36.8 Å². The third-order valence-corrected chi connectivity index (χ3v) is 4.09. The number of amides is 1. The number of ether oxygens (including phenoxy) is 1. The van der Waals surface area contributed by atoms with Gasteiger partial charge in [0.2, 0.25) is 5.91 Å². The molecule has 2 aliphatic heterocycles. The number of hydrogen-bond acceptors (Lipinski definition) is 3. The van der Waals surface area contributed by atoms with Crippen molar-refractivity contribution in [3.63, 3.8) is 0 Å². The number of carbonyl (C=O) groups excluding carboxylic acids is 1. The predicted molar refractivity (Wildman–Crippen MR) is 73.3 cm³/mol. The minimum Gasteiger partial charge on any atom is -0.493 e. The van der Waals surface area contributed by atoms with Gasteiger partial charge >= 0.3 is 5.97 Å². The third-order valence-electron chi connectivity index (χ3n) is 4.09. The number of benzene rings is 1. The van der Waals surface area contributed by atoms with Crippen molar-refractivity contribution >= 4 is 17.6 Å². The van der Waals surface area contributed by atoms with E-state index in [2.05, 4.69) is 0 Å². The Morgan fingerprint density at radius 2 is 2.25 bits per heavy atom. The van der Waals surface area contributed by atoms with Crippen LogP contribution < -0.4 is 9.64 Å². The zero-order valence-corrected chi connectivity index (χ0v) is 11.4. The van der Waals surface area contributed by atoms with Crippen LogP contribution in [0.5, 0.6) is 5.75 Å². The van der Waals surface area contributed by atoms with Gasteiger partial charge in [-0.3, -0.25) is 9.59 Å². The van der Waals surface area contributed by atoms with Crippen molar-refractivity contribution in [2.45, 2.75) is 32.1 Å². The van der Waals surface area contributed by atoms with E-state index in [-0.39, 0.29) is 18.2 Å². The SMILES string of the molecule is CC(=O)N1CCC(CC(=O)O)c2ccc3c(c21)CCO3. The van der Waals surface area contributed by atoms with Crippen LogP contribution in [0.25, 0.3) is 0 Å². The second-order valence-electron chi connectivity index (χ2n) is 5.33. The highest BCUT2D eigenvalue weighted by molar-refractivity contribution is 5.95. The Kier molecular flexibility index (Phi) is 3.12. The van der Waals surface area contributed by atoms with Gasteiger partial charge in [0.15, 0.2) is 0 Å². The molecule has 0 radical (unpaired) electrons. The molecule has 0 aliphatic carbocycles. The Labute approximate surface area is 117 Å². The van der Waals surface area contributed by atoms with E-state index in [1.54, 1.807) is 11.8 Å². The lowest BCUT2D eigenvalue weighted by Gasteiger charge is -2.34. The van der Waals surface area contributed by atoms with Gasteiger partial charge in [-0.25, -0.2) is 0 Å². The highest BCUT2D eigenvalue weighted by Gasteiger charge is 2.33. The van der Waals surface area contributed by atoms with E-state index in [1.165, 1.54) is 0 Å². The van der Waals surface area contributed by atoms with Crippen LogP contribution in [-0.4, -0.2) is 30.1 Å². The molecule has 0 saturated carbocycles. The van der Waals surface area contributed by atoms with Crippen molar-refractivity contribution in [3.05, 3.63) is 23.3 Å². The fourth-order valence-corrected chi connectivity index (χ4v) is 3.21. The van der Waals surface area contributed by atoms with E-state index in [4.69, 9.17) is 9.84 Å². The molecule has 2 aliphatic rings. The van der Waals surface area contributed by atoms with Crippen molar-refractivity contribution in [2.24, 2.45) is 0 Å². The van der Waals surface area contributed by atoms with E-state index in [0.717, 1.165) is 29.0 Å². The molecule has 0 saturated heterocycles. The van der Waals surface area contributed by atoms with Gasteiger partial charge in [-0.05, 0) is 24.0 Å². The maximum absolute atomic E-state index is 11.9. The number of nitrogens with zero attached hydrogens (tertiary/aromatic N) is 1. The number of anilines is 1. The molecule has 2 heterocycles. The highest BCUT2D eigenvalue weighted by Crippen LogP contribution is 2.44. The Bertz CT molecular complexity index is 581. The fourth-order valence-electron chi connectivity index (χ4n) is 3.21. The van der Waals surface area contributed by atoms with Crippen LogP contribution in [0, 0.1) is 0 Å². The molecule has 0 spiro atoms. The Balaban J connectivity index is 2.10. The summed E-state index contributed by atoms with van der Waals surface area (Å²) in [5, 5.41) is 9.05. The summed E-state index contributed by atoms with van der Waals surface area (Å²) in [6.45, 7) is 2.76. The number of carboxylic acid groups (broad SMARTS) is 1. The van der Waals surface area contributed by atoms with Gasteiger partial charge in [0.1, 0.15) is 5.75 Å². The lowest BCUT2D eigenvalue weighted by molar-refractivity contribution is -0.137. The molecule has 0 aromatic heterocycles. The molecule has 5 heteroatoms. The summed E-state index contributed by atoms with van der Waals surface area (Å²) in [6.07, 6.45) is 1.58.